The zero-order chi connectivity index (χ0) is 4.50. The van der Waals surface area contributed by atoms with Gasteiger partial charge in [0.25, 0.3) is 0 Å². The van der Waals surface area contributed by atoms with E-state index in [0.717, 1.165) is 0 Å². The summed E-state index contributed by atoms with van der Waals surface area (Å²) >= 11 is 0. The molecule has 0 aromatic rings. The van der Waals surface area contributed by atoms with Crippen LogP contribution < -0.4 is 0 Å². The van der Waals surface area contributed by atoms with E-state index >= 15 is 0 Å². The van der Waals surface area contributed by atoms with Crippen molar-refractivity contribution < 1.29 is 26.2 Å². The predicted molar refractivity (Wildman–Crippen MR) is 25.1 cm³/mol. The summed E-state index contributed by atoms with van der Waals surface area (Å²) in [6, 6.07) is 0. The Morgan fingerprint density at radius 1 is 0.833 bits per heavy atom. The molecule has 0 rings (SSSR count). The Labute approximate surface area is 59.4 Å². The maximum atomic E-state index is 2.19. The van der Waals surface area contributed by atoms with Crippen LogP contribution in [0, 0.1) is 5.41 Å². The largest absolute Gasteiger partial charge is 0.0604 e. The monoisotopic (exact) mass is 162 g/mol. The summed E-state index contributed by atoms with van der Waals surface area (Å²) in [6.45, 7) is 8.75. The summed E-state index contributed by atoms with van der Waals surface area (Å²) in [4.78, 5) is 0. The van der Waals surface area contributed by atoms with Crippen LogP contribution in [0.5, 0.6) is 0 Å². The molecule has 0 saturated carbocycles. The van der Waals surface area contributed by atoms with Crippen LogP contribution in [-0.4, -0.2) is 0 Å². The Morgan fingerprint density at radius 3 is 0.833 bits per heavy atom. The second-order valence-corrected chi connectivity index (χ2v) is 3.00. The Hall–Kier alpha value is 0.883. The van der Waals surface area contributed by atoms with Gasteiger partial charge in [-0.1, -0.05) is 27.7 Å². The fourth-order valence-corrected chi connectivity index (χ4v) is 0. The third kappa shape index (κ3) is 94.4. The molecule has 1 heteroatoms. The second-order valence-electron chi connectivity index (χ2n) is 3.00. The number of hydrogen-bond donors (Lipinski definition) is 0. The zero-order valence-corrected chi connectivity index (χ0v) is 7.46. The van der Waals surface area contributed by atoms with Crippen molar-refractivity contribution >= 4 is 0 Å². The van der Waals surface area contributed by atoms with Gasteiger partial charge in [-0.2, -0.15) is 0 Å². The molecule has 0 aliphatic heterocycles. The summed E-state index contributed by atoms with van der Waals surface area (Å²) in [7, 11) is 0. The zero-order valence-electron chi connectivity index (χ0n) is 5.00. The van der Waals surface area contributed by atoms with E-state index in [2.05, 4.69) is 27.7 Å². The van der Waals surface area contributed by atoms with Gasteiger partial charge in [-0.05, 0) is 5.41 Å². The van der Waals surface area contributed by atoms with E-state index in [1.54, 1.807) is 0 Å². The van der Waals surface area contributed by atoms with Gasteiger partial charge < -0.3 is 0 Å². The van der Waals surface area contributed by atoms with Crippen molar-refractivity contribution in [2.45, 2.75) is 27.7 Å². The molecule has 0 amide bonds. The van der Waals surface area contributed by atoms with Crippen LogP contribution in [0.1, 0.15) is 27.7 Å². The SMILES string of the molecule is CC(C)(C)C.[Zr]. The van der Waals surface area contributed by atoms with Crippen LogP contribution in [0.2, 0.25) is 0 Å². The Balaban J connectivity index is 0. The van der Waals surface area contributed by atoms with Gasteiger partial charge in [-0.25, -0.2) is 0 Å². The molecule has 0 aliphatic carbocycles. The van der Waals surface area contributed by atoms with Crippen LogP contribution in [0.15, 0.2) is 0 Å². The molecule has 0 unspecified atom stereocenters. The van der Waals surface area contributed by atoms with E-state index < -0.39 is 0 Å². The molecule has 0 heterocycles. The van der Waals surface area contributed by atoms with E-state index in [0.29, 0.717) is 5.41 Å². The molecule has 0 N–H and O–H groups in total. The molecule has 0 saturated heterocycles. The van der Waals surface area contributed by atoms with Gasteiger partial charge in [0, 0.05) is 26.2 Å². The summed E-state index contributed by atoms with van der Waals surface area (Å²) in [5.41, 5.74) is 0.500. The van der Waals surface area contributed by atoms with Crippen molar-refractivity contribution in [2.75, 3.05) is 0 Å². The van der Waals surface area contributed by atoms with Crippen molar-refractivity contribution in [3.05, 3.63) is 0 Å². The van der Waals surface area contributed by atoms with Crippen LogP contribution in [-0.2, 0) is 26.2 Å². The van der Waals surface area contributed by atoms with Gasteiger partial charge in [0.15, 0.2) is 0 Å². The van der Waals surface area contributed by atoms with Crippen LogP contribution in [0.25, 0.3) is 0 Å². The van der Waals surface area contributed by atoms with E-state index in [1.807, 2.05) is 0 Å². The standard InChI is InChI=1S/C5H12.Zr/c1-5(2,3)4;/h1-4H3;. The molecule has 0 aromatic carbocycles. The number of rotatable bonds is 0. The third-order valence-corrected chi connectivity index (χ3v) is 0. The minimum Gasteiger partial charge on any atom is -0.0604 e. The molecular formula is C5H12Zr. The van der Waals surface area contributed by atoms with Crippen molar-refractivity contribution in [1.82, 2.24) is 0 Å². The first-order valence-corrected chi connectivity index (χ1v) is 2.00. The predicted octanol–water partition coefficient (Wildman–Crippen LogP) is 2.05. The van der Waals surface area contributed by atoms with E-state index in [9.17, 15) is 0 Å². The molecule has 0 bridgehead atoms. The molecule has 0 radical (unpaired) electrons. The second kappa shape index (κ2) is 2.96. The average Bonchev–Trinajstić information content (AvgIpc) is 0.722. The van der Waals surface area contributed by atoms with Gasteiger partial charge >= 0.3 is 0 Å². The van der Waals surface area contributed by atoms with Gasteiger partial charge in [0.1, 0.15) is 0 Å². The fraction of sp³-hybridized carbons (Fsp3) is 1.00. The topological polar surface area (TPSA) is 0 Å². The first-order valence-electron chi connectivity index (χ1n) is 2.00. The van der Waals surface area contributed by atoms with E-state index in [4.69, 9.17) is 0 Å². The Morgan fingerprint density at radius 2 is 0.833 bits per heavy atom. The smallest absolute Gasteiger partial charge is 0 e. The van der Waals surface area contributed by atoms with Gasteiger partial charge in [0.05, 0.1) is 0 Å². The molecule has 0 aliphatic rings. The quantitative estimate of drug-likeness (QED) is 0.513. The molecular weight excluding hydrogens is 151 g/mol. The van der Waals surface area contributed by atoms with Crippen LogP contribution in [0.3, 0.4) is 0 Å². The van der Waals surface area contributed by atoms with Crippen molar-refractivity contribution in [3.8, 4) is 0 Å². The molecule has 0 atom stereocenters. The minimum atomic E-state index is 0. The molecule has 36 valence electrons. The minimum absolute atomic E-state index is 0. The first kappa shape index (κ1) is 9.99. The van der Waals surface area contributed by atoms with Crippen LogP contribution >= 0.6 is 0 Å². The van der Waals surface area contributed by atoms with E-state index in [-0.39, 0.29) is 26.2 Å². The number of hydrogen-bond acceptors (Lipinski definition) is 0. The van der Waals surface area contributed by atoms with Crippen molar-refractivity contribution in [1.29, 1.82) is 0 Å². The van der Waals surface area contributed by atoms with Crippen LogP contribution in [0.4, 0.5) is 0 Å². The first-order chi connectivity index (χ1) is 2.00. The molecule has 0 aromatic heterocycles. The van der Waals surface area contributed by atoms with E-state index in [1.165, 1.54) is 0 Å². The normalized spacial score (nSPS) is 10.0. The average molecular weight is 163 g/mol. The summed E-state index contributed by atoms with van der Waals surface area (Å²) < 4.78 is 0. The maximum Gasteiger partial charge on any atom is 0 e. The summed E-state index contributed by atoms with van der Waals surface area (Å²) in [5.74, 6) is 0. The maximum absolute atomic E-state index is 2.19. The molecule has 0 nitrogen and oxygen atoms in total. The summed E-state index contributed by atoms with van der Waals surface area (Å²) in [5, 5.41) is 0. The summed E-state index contributed by atoms with van der Waals surface area (Å²) in [6.07, 6.45) is 0. The molecule has 0 spiro atoms. The van der Waals surface area contributed by atoms with Gasteiger partial charge in [0.2, 0.25) is 0 Å². The van der Waals surface area contributed by atoms with Crippen molar-refractivity contribution in [3.63, 3.8) is 0 Å². The van der Waals surface area contributed by atoms with Crippen molar-refractivity contribution in [2.24, 2.45) is 5.41 Å². The Kier molecular flexibility index (Phi) is 4.93. The van der Waals surface area contributed by atoms with Gasteiger partial charge in [-0.15, -0.1) is 0 Å². The molecule has 6 heavy (non-hydrogen) atoms. The van der Waals surface area contributed by atoms with Gasteiger partial charge in [-0.3, -0.25) is 0 Å². The Bertz CT molecular complexity index is 19.4. The molecule has 0 fully saturated rings. The third-order valence-electron chi connectivity index (χ3n) is 0. The fourth-order valence-electron chi connectivity index (χ4n) is 0.